The molecule has 0 saturated heterocycles. The second kappa shape index (κ2) is 6.15. The molecule has 0 fully saturated rings. The Morgan fingerprint density at radius 1 is 1.38 bits per heavy atom. The lowest BCUT2D eigenvalue weighted by Crippen LogP contribution is -2.49. The smallest absolute Gasteiger partial charge is 0.307 e. The van der Waals surface area contributed by atoms with E-state index in [9.17, 15) is 13.2 Å². The standard InChI is InChI=1S/C15H21NO4S/c1-3-9-16-15(11-14(17)20-2)8-10-21(18,19)13-7-5-4-6-12(13)15/h4-7,16H,3,8-11H2,1-2H3. The molecule has 6 heteroatoms. The van der Waals surface area contributed by atoms with Gasteiger partial charge in [-0.1, -0.05) is 25.1 Å². The zero-order chi connectivity index (χ0) is 15.5. The molecular weight excluding hydrogens is 290 g/mol. The molecule has 1 aliphatic rings. The Labute approximate surface area is 125 Å². The SMILES string of the molecule is CCCNC1(CC(=O)OC)CCS(=O)(=O)c2ccccc21. The van der Waals surface area contributed by atoms with Crippen molar-refractivity contribution in [3.8, 4) is 0 Å². The number of nitrogens with one attached hydrogen (secondary N) is 1. The molecule has 1 aliphatic heterocycles. The Balaban J connectivity index is 2.52. The molecule has 21 heavy (non-hydrogen) atoms. The first-order chi connectivity index (χ1) is 9.95. The van der Waals surface area contributed by atoms with Gasteiger partial charge in [-0.2, -0.15) is 0 Å². The quantitative estimate of drug-likeness (QED) is 0.837. The first-order valence-electron chi connectivity index (χ1n) is 7.09. The van der Waals surface area contributed by atoms with Gasteiger partial charge in [0.1, 0.15) is 0 Å². The highest BCUT2D eigenvalue weighted by atomic mass is 32.2. The maximum atomic E-state index is 12.2. The van der Waals surface area contributed by atoms with Crippen LogP contribution in [-0.4, -0.2) is 33.8 Å². The molecule has 0 amide bonds. The number of carbonyl (C=O) groups is 1. The van der Waals surface area contributed by atoms with Crippen LogP contribution in [0.4, 0.5) is 0 Å². The first-order valence-corrected chi connectivity index (χ1v) is 8.74. The molecule has 1 N–H and O–H groups in total. The maximum absolute atomic E-state index is 12.2. The van der Waals surface area contributed by atoms with Crippen LogP contribution in [0.1, 0.15) is 31.7 Å². The van der Waals surface area contributed by atoms with Crippen LogP contribution in [0.5, 0.6) is 0 Å². The van der Waals surface area contributed by atoms with E-state index in [0.29, 0.717) is 23.4 Å². The van der Waals surface area contributed by atoms with Crippen LogP contribution in [0.2, 0.25) is 0 Å². The fourth-order valence-electron chi connectivity index (χ4n) is 2.80. The number of rotatable bonds is 5. The Kier molecular flexibility index (Phi) is 4.68. The van der Waals surface area contributed by atoms with Crippen molar-refractivity contribution in [1.29, 1.82) is 0 Å². The van der Waals surface area contributed by atoms with Gasteiger partial charge >= 0.3 is 5.97 Å². The zero-order valence-electron chi connectivity index (χ0n) is 12.4. The van der Waals surface area contributed by atoms with E-state index < -0.39 is 15.4 Å². The molecule has 1 aromatic rings. The fraction of sp³-hybridized carbons (Fsp3) is 0.533. The topological polar surface area (TPSA) is 72.5 Å². The molecule has 0 radical (unpaired) electrons. The van der Waals surface area contributed by atoms with Gasteiger partial charge < -0.3 is 10.1 Å². The minimum Gasteiger partial charge on any atom is -0.469 e. The summed E-state index contributed by atoms with van der Waals surface area (Å²) in [6.45, 7) is 2.75. The molecule has 5 nitrogen and oxygen atoms in total. The van der Waals surface area contributed by atoms with Crippen LogP contribution in [0.3, 0.4) is 0 Å². The second-order valence-electron chi connectivity index (χ2n) is 5.33. The molecule has 0 aliphatic carbocycles. The summed E-state index contributed by atoms with van der Waals surface area (Å²) in [5.41, 5.74) is 0.0143. The summed E-state index contributed by atoms with van der Waals surface area (Å²) < 4.78 is 29.3. The van der Waals surface area contributed by atoms with Gasteiger partial charge in [0, 0.05) is 0 Å². The number of methoxy groups -OCH3 is 1. The van der Waals surface area contributed by atoms with Crippen LogP contribution in [-0.2, 0) is 24.9 Å². The minimum atomic E-state index is -3.27. The fourth-order valence-corrected chi connectivity index (χ4v) is 4.52. The molecule has 2 rings (SSSR count). The molecule has 0 saturated carbocycles. The summed E-state index contributed by atoms with van der Waals surface area (Å²) >= 11 is 0. The monoisotopic (exact) mass is 311 g/mol. The zero-order valence-corrected chi connectivity index (χ0v) is 13.2. The van der Waals surface area contributed by atoms with E-state index in [-0.39, 0.29) is 18.1 Å². The number of benzene rings is 1. The third-order valence-corrected chi connectivity index (χ3v) is 5.69. The molecule has 1 aromatic carbocycles. The molecule has 116 valence electrons. The summed E-state index contributed by atoms with van der Waals surface area (Å²) in [5, 5.41) is 3.38. The predicted octanol–water partition coefficient (Wildman–Crippen LogP) is 1.62. The van der Waals surface area contributed by atoms with E-state index in [0.717, 1.165) is 6.42 Å². The molecule has 1 heterocycles. The summed E-state index contributed by atoms with van der Waals surface area (Å²) in [6.07, 6.45) is 1.41. The van der Waals surface area contributed by atoms with Crippen LogP contribution in [0, 0.1) is 0 Å². The third kappa shape index (κ3) is 3.11. The molecule has 0 bridgehead atoms. The van der Waals surface area contributed by atoms with Crippen molar-refractivity contribution in [2.24, 2.45) is 0 Å². The highest BCUT2D eigenvalue weighted by Crippen LogP contribution is 2.39. The lowest BCUT2D eigenvalue weighted by molar-refractivity contribution is -0.142. The van der Waals surface area contributed by atoms with E-state index in [1.807, 2.05) is 6.92 Å². The number of hydrogen-bond donors (Lipinski definition) is 1. The average molecular weight is 311 g/mol. The number of fused-ring (bicyclic) bond motifs is 1. The van der Waals surface area contributed by atoms with Gasteiger partial charge in [0.2, 0.25) is 0 Å². The predicted molar refractivity (Wildman–Crippen MR) is 79.7 cm³/mol. The molecule has 0 spiro atoms. The summed E-state index contributed by atoms with van der Waals surface area (Å²) in [4.78, 5) is 12.1. The average Bonchev–Trinajstić information content (AvgIpc) is 2.49. The largest absolute Gasteiger partial charge is 0.469 e. The van der Waals surface area contributed by atoms with Gasteiger partial charge in [-0.25, -0.2) is 8.42 Å². The number of ether oxygens (including phenoxy) is 1. The molecule has 1 atom stereocenters. The lowest BCUT2D eigenvalue weighted by atomic mass is 9.83. The first kappa shape index (κ1) is 16.0. The van der Waals surface area contributed by atoms with Crippen LogP contribution >= 0.6 is 0 Å². The summed E-state index contributed by atoms with van der Waals surface area (Å²) in [5.74, 6) is -0.301. The van der Waals surface area contributed by atoms with Crippen molar-refractivity contribution in [2.75, 3.05) is 19.4 Å². The summed E-state index contributed by atoms with van der Waals surface area (Å²) in [6, 6.07) is 6.92. The summed E-state index contributed by atoms with van der Waals surface area (Å²) in [7, 11) is -1.92. The Bertz CT molecular complexity index is 626. The number of carbonyl (C=O) groups excluding carboxylic acids is 1. The number of sulfone groups is 1. The van der Waals surface area contributed by atoms with Crippen LogP contribution < -0.4 is 5.32 Å². The Hall–Kier alpha value is -1.40. The van der Waals surface area contributed by atoms with Crippen molar-refractivity contribution in [1.82, 2.24) is 5.32 Å². The minimum absolute atomic E-state index is 0.0394. The molecular formula is C15H21NO4S. The van der Waals surface area contributed by atoms with Gasteiger partial charge in [-0.15, -0.1) is 0 Å². The Morgan fingerprint density at radius 3 is 2.76 bits per heavy atom. The third-order valence-electron chi connectivity index (χ3n) is 3.92. The van der Waals surface area contributed by atoms with E-state index in [4.69, 9.17) is 4.74 Å². The normalized spacial score (nSPS) is 23.3. The van der Waals surface area contributed by atoms with E-state index in [1.165, 1.54) is 7.11 Å². The highest BCUT2D eigenvalue weighted by Gasteiger charge is 2.43. The van der Waals surface area contributed by atoms with Gasteiger partial charge in [-0.3, -0.25) is 4.79 Å². The Morgan fingerprint density at radius 2 is 2.10 bits per heavy atom. The van der Waals surface area contributed by atoms with Crippen LogP contribution in [0.25, 0.3) is 0 Å². The van der Waals surface area contributed by atoms with Gasteiger partial charge in [0.15, 0.2) is 9.84 Å². The van der Waals surface area contributed by atoms with Crippen molar-refractivity contribution in [2.45, 2.75) is 36.6 Å². The van der Waals surface area contributed by atoms with Gasteiger partial charge in [0.05, 0.1) is 29.7 Å². The maximum Gasteiger partial charge on any atom is 0.307 e. The lowest BCUT2D eigenvalue weighted by Gasteiger charge is -2.39. The molecule has 0 aromatic heterocycles. The van der Waals surface area contributed by atoms with Crippen molar-refractivity contribution in [3.05, 3.63) is 29.8 Å². The van der Waals surface area contributed by atoms with Crippen molar-refractivity contribution >= 4 is 15.8 Å². The van der Waals surface area contributed by atoms with Crippen LogP contribution in [0.15, 0.2) is 29.2 Å². The van der Waals surface area contributed by atoms with Crippen molar-refractivity contribution < 1.29 is 17.9 Å². The molecule has 1 unspecified atom stereocenters. The van der Waals surface area contributed by atoms with E-state index in [2.05, 4.69) is 5.32 Å². The van der Waals surface area contributed by atoms with Crippen molar-refractivity contribution in [3.63, 3.8) is 0 Å². The van der Waals surface area contributed by atoms with Gasteiger partial charge in [-0.05, 0) is 31.0 Å². The van der Waals surface area contributed by atoms with Gasteiger partial charge in [0.25, 0.3) is 0 Å². The number of esters is 1. The van der Waals surface area contributed by atoms with E-state index in [1.54, 1.807) is 24.3 Å². The number of hydrogen-bond acceptors (Lipinski definition) is 5. The van der Waals surface area contributed by atoms with E-state index >= 15 is 0 Å². The second-order valence-corrected chi connectivity index (χ2v) is 7.40. The highest BCUT2D eigenvalue weighted by molar-refractivity contribution is 7.91.